The van der Waals surface area contributed by atoms with Crippen LogP contribution in [0.2, 0.25) is 0 Å². The average Bonchev–Trinajstić information content (AvgIpc) is 3.02. The molecule has 1 saturated carbocycles. The summed E-state index contributed by atoms with van der Waals surface area (Å²) >= 11 is 0. The molecule has 21 heavy (non-hydrogen) atoms. The summed E-state index contributed by atoms with van der Waals surface area (Å²) in [6, 6.07) is 9.52. The monoisotopic (exact) mass is 284 g/mol. The number of nitrogens with zero attached hydrogens (tertiary/aromatic N) is 2. The predicted molar refractivity (Wildman–Crippen MR) is 82.1 cm³/mol. The molecule has 1 aromatic carbocycles. The summed E-state index contributed by atoms with van der Waals surface area (Å²) in [6.07, 6.45) is 7.66. The minimum atomic E-state index is -0.0652. The molecule has 1 heterocycles. The molecule has 1 aliphatic rings. The third kappa shape index (κ3) is 3.13. The maximum atomic E-state index is 12.3. The van der Waals surface area contributed by atoms with Gasteiger partial charge in [0.25, 0.3) is 0 Å². The van der Waals surface area contributed by atoms with Crippen molar-refractivity contribution < 1.29 is 4.79 Å². The van der Waals surface area contributed by atoms with E-state index < -0.39 is 0 Å². The van der Waals surface area contributed by atoms with Gasteiger partial charge in [0.1, 0.15) is 0 Å². The first-order valence-corrected chi connectivity index (χ1v) is 7.40. The van der Waals surface area contributed by atoms with Gasteiger partial charge in [-0.25, -0.2) is 4.68 Å². The lowest BCUT2D eigenvalue weighted by Gasteiger charge is -2.27. The van der Waals surface area contributed by atoms with Crippen molar-refractivity contribution in [3.8, 4) is 5.69 Å². The second kappa shape index (κ2) is 6.10. The van der Waals surface area contributed by atoms with Gasteiger partial charge in [0.05, 0.1) is 11.6 Å². The first-order valence-electron chi connectivity index (χ1n) is 7.40. The number of carbonyl (C=O) groups is 1. The Morgan fingerprint density at radius 3 is 2.67 bits per heavy atom. The van der Waals surface area contributed by atoms with Crippen LogP contribution in [0, 0.1) is 5.92 Å². The van der Waals surface area contributed by atoms with Crippen LogP contribution >= 0.6 is 0 Å². The summed E-state index contributed by atoms with van der Waals surface area (Å²) in [4.78, 5) is 12.3. The maximum Gasteiger partial charge on any atom is 0.229 e. The number of hydrogen-bond donors (Lipinski definition) is 2. The molecule has 0 radical (unpaired) electrons. The van der Waals surface area contributed by atoms with E-state index in [1.54, 1.807) is 10.9 Å². The Morgan fingerprint density at radius 2 is 2.00 bits per heavy atom. The first kappa shape index (κ1) is 13.8. The van der Waals surface area contributed by atoms with E-state index in [9.17, 15) is 4.79 Å². The van der Waals surface area contributed by atoms with E-state index in [0.29, 0.717) is 0 Å². The van der Waals surface area contributed by atoms with E-state index in [-0.39, 0.29) is 17.9 Å². The van der Waals surface area contributed by atoms with Gasteiger partial charge in [-0.15, -0.1) is 0 Å². The molecule has 5 nitrogen and oxygen atoms in total. The van der Waals surface area contributed by atoms with Gasteiger partial charge in [-0.2, -0.15) is 5.10 Å². The molecule has 2 atom stereocenters. The highest BCUT2D eigenvalue weighted by molar-refractivity contribution is 5.93. The number of rotatable bonds is 3. The molecule has 0 bridgehead atoms. The highest BCUT2D eigenvalue weighted by Gasteiger charge is 2.28. The number of nitrogens with two attached hydrogens (primary N) is 1. The molecule has 0 saturated heterocycles. The lowest BCUT2D eigenvalue weighted by atomic mass is 9.84. The maximum absolute atomic E-state index is 12.3. The highest BCUT2D eigenvalue weighted by Crippen LogP contribution is 2.24. The van der Waals surface area contributed by atoms with Gasteiger partial charge < -0.3 is 11.1 Å². The van der Waals surface area contributed by atoms with E-state index in [1.807, 2.05) is 36.5 Å². The van der Waals surface area contributed by atoms with Crippen LogP contribution in [0.5, 0.6) is 0 Å². The van der Waals surface area contributed by atoms with Gasteiger partial charge in [0, 0.05) is 24.1 Å². The summed E-state index contributed by atoms with van der Waals surface area (Å²) in [5.41, 5.74) is 7.81. The minimum Gasteiger partial charge on any atom is -0.327 e. The summed E-state index contributed by atoms with van der Waals surface area (Å²) in [7, 11) is 0. The molecule has 5 heteroatoms. The van der Waals surface area contributed by atoms with Crippen LogP contribution < -0.4 is 11.1 Å². The fourth-order valence-corrected chi connectivity index (χ4v) is 2.84. The predicted octanol–water partition coefficient (Wildman–Crippen LogP) is 2.33. The van der Waals surface area contributed by atoms with Crippen molar-refractivity contribution >= 4 is 11.6 Å². The minimum absolute atomic E-state index is 0.0119. The zero-order chi connectivity index (χ0) is 14.7. The SMILES string of the molecule is NC1CCCCC1C(=O)Nc1ccc(-n2cccn2)cc1. The second-order valence-electron chi connectivity index (χ2n) is 5.54. The van der Waals surface area contributed by atoms with E-state index in [2.05, 4.69) is 10.4 Å². The Bertz CT molecular complexity index is 591. The molecular weight excluding hydrogens is 264 g/mol. The number of amides is 1. The van der Waals surface area contributed by atoms with Crippen LogP contribution in [0.1, 0.15) is 25.7 Å². The first-order chi connectivity index (χ1) is 10.2. The molecule has 1 aliphatic carbocycles. The normalized spacial score (nSPS) is 22.0. The standard InChI is InChI=1S/C16H20N4O/c17-15-5-2-1-4-14(15)16(21)19-12-6-8-13(9-7-12)20-11-3-10-18-20/h3,6-11,14-15H,1-2,4-5,17H2,(H,19,21). The van der Waals surface area contributed by atoms with E-state index >= 15 is 0 Å². The van der Waals surface area contributed by atoms with Crippen LogP contribution in [0.3, 0.4) is 0 Å². The van der Waals surface area contributed by atoms with Crippen LogP contribution in [0.4, 0.5) is 5.69 Å². The lowest BCUT2D eigenvalue weighted by Crippen LogP contribution is -2.40. The van der Waals surface area contributed by atoms with E-state index in [1.165, 1.54) is 0 Å². The fraction of sp³-hybridized carbons (Fsp3) is 0.375. The molecule has 3 rings (SSSR count). The number of nitrogens with one attached hydrogen (secondary N) is 1. The van der Waals surface area contributed by atoms with Gasteiger partial charge in [0.2, 0.25) is 5.91 Å². The van der Waals surface area contributed by atoms with Gasteiger partial charge in [-0.1, -0.05) is 12.8 Å². The van der Waals surface area contributed by atoms with Crippen LogP contribution in [0.15, 0.2) is 42.7 Å². The van der Waals surface area contributed by atoms with Crippen molar-refractivity contribution in [2.45, 2.75) is 31.7 Å². The fourth-order valence-electron chi connectivity index (χ4n) is 2.84. The Hall–Kier alpha value is -2.14. The van der Waals surface area contributed by atoms with Crippen LogP contribution in [-0.4, -0.2) is 21.7 Å². The van der Waals surface area contributed by atoms with Crippen molar-refractivity contribution in [1.29, 1.82) is 0 Å². The summed E-state index contributed by atoms with van der Waals surface area (Å²) in [5, 5.41) is 7.14. The smallest absolute Gasteiger partial charge is 0.229 e. The third-order valence-electron chi connectivity index (χ3n) is 4.06. The van der Waals surface area contributed by atoms with Gasteiger partial charge >= 0.3 is 0 Å². The van der Waals surface area contributed by atoms with Crippen molar-refractivity contribution in [3.63, 3.8) is 0 Å². The molecule has 2 aromatic rings. The Labute approximate surface area is 124 Å². The van der Waals surface area contributed by atoms with Gasteiger partial charge in [0.15, 0.2) is 0 Å². The quantitative estimate of drug-likeness (QED) is 0.908. The number of anilines is 1. The Morgan fingerprint density at radius 1 is 1.24 bits per heavy atom. The molecule has 3 N–H and O–H groups in total. The van der Waals surface area contributed by atoms with Gasteiger partial charge in [-0.3, -0.25) is 4.79 Å². The van der Waals surface area contributed by atoms with E-state index in [0.717, 1.165) is 37.1 Å². The average molecular weight is 284 g/mol. The van der Waals surface area contributed by atoms with Crippen molar-refractivity contribution in [2.24, 2.45) is 11.7 Å². The van der Waals surface area contributed by atoms with Crippen molar-refractivity contribution in [2.75, 3.05) is 5.32 Å². The van der Waals surface area contributed by atoms with E-state index in [4.69, 9.17) is 5.73 Å². The molecule has 2 unspecified atom stereocenters. The van der Waals surface area contributed by atoms with Crippen molar-refractivity contribution in [1.82, 2.24) is 9.78 Å². The number of benzene rings is 1. The van der Waals surface area contributed by atoms with Crippen molar-refractivity contribution in [3.05, 3.63) is 42.7 Å². The molecule has 1 amide bonds. The third-order valence-corrected chi connectivity index (χ3v) is 4.06. The molecular formula is C16H20N4O. The summed E-state index contributed by atoms with van der Waals surface area (Å²) in [5.74, 6) is -0.0291. The Kier molecular flexibility index (Phi) is 4.01. The topological polar surface area (TPSA) is 72.9 Å². The molecule has 0 spiro atoms. The number of carbonyl (C=O) groups excluding carboxylic acids is 1. The molecule has 1 aromatic heterocycles. The largest absolute Gasteiger partial charge is 0.327 e. The second-order valence-corrected chi connectivity index (χ2v) is 5.54. The molecule has 110 valence electrons. The molecule has 1 fully saturated rings. The zero-order valence-electron chi connectivity index (χ0n) is 11.9. The molecule has 0 aliphatic heterocycles. The van der Waals surface area contributed by atoms with Gasteiger partial charge in [-0.05, 0) is 43.2 Å². The number of hydrogen-bond acceptors (Lipinski definition) is 3. The number of aromatic nitrogens is 2. The zero-order valence-corrected chi connectivity index (χ0v) is 11.9. The van der Waals surface area contributed by atoms with Crippen LogP contribution in [-0.2, 0) is 4.79 Å². The Balaban J connectivity index is 1.66. The summed E-state index contributed by atoms with van der Waals surface area (Å²) in [6.45, 7) is 0. The highest BCUT2D eigenvalue weighted by atomic mass is 16.1. The summed E-state index contributed by atoms with van der Waals surface area (Å²) < 4.78 is 1.78. The van der Waals surface area contributed by atoms with Crippen LogP contribution in [0.25, 0.3) is 5.69 Å². The lowest BCUT2D eigenvalue weighted by molar-refractivity contribution is -0.121.